The standard InChI is InChI=1S/C21H32BrN3O2S/c1-16(2)8-10-24-11-13-25(14-12-24)21(27)19(9-15-28-3)23-20(26)17-6-4-5-7-18(17)22/h4-7,16,19H,8-15H2,1-3H3,(H,23,26). The minimum absolute atomic E-state index is 0.0398. The number of halogens is 1. The summed E-state index contributed by atoms with van der Waals surface area (Å²) in [4.78, 5) is 30.1. The molecule has 1 unspecified atom stereocenters. The van der Waals surface area contributed by atoms with Gasteiger partial charge in [0.05, 0.1) is 5.56 Å². The molecule has 0 bridgehead atoms. The van der Waals surface area contributed by atoms with Crippen molar-refractivity contribution in [2.24, 2.45) is 5.92 Å². The van der Waals surface area contributed by atoms with Gasteiger partial charge in [-0.05, 0) is 65.4 Å². The van der Waals surface area contributed by atoms with E-state index in [0.29, 0.717) is 17.9 Å². The van der Waals surface area contributed by atoms with Crippen LogP contribution in [0.25, 0.3) is 0 Å². The minimum atomic E-state index is -0.478. The van der Waals surface area contributed by atoms with E-state index in [2.05, 4.69) is 40.0 Å². The average Bonchev–Trinajstić information content (AvgIpc) is 2.69. The van der Waals surface area contributed by atoms with E-state index in [-0.39, 0.29) is 11.8 Å². The zero-order valence-electron chi connectivity index (χ0n) is 17.1. The lowest BCUT2D eigenvalue weighted by atomic mass is 10.1. The first-order valence-electron chi connectivity index (χ1n) is 9.97. The summed E-state index contributed by atoms with van der Waals surface area (Å²) in [6.07, 6.45) is 3.85. The Hall–Kier alpha value is -1.05. The molecule has 1 saturated heterocycles. The number of benzene rings is 1. The molecule has 28 heavy (non-hydrogen) atoms. The van der Waals surface area contributed by atoms with E-state index in [0.717, 1.165) is 42.9 Å². The number of nitrogens with one attached hydrogen (secondary N) is 1. The van der Waals surface area contributed by atoms with Crippen LogP contribution in [-0.4, -0.2) is 72.4 Å². The molecule has 1 atom stereocenters. The summed E-state index contributed by atoms with van der Waals surface area (Å²) in [5.74, 6) is 1.37. The molecule has 2 amide bonds. The van der Waals surface area contributed by atoms with Gasteiger partial charge in [-0.2, -0.15) is 11.8 Å². The molecular weight excluding hydrogens is 438 g/mol. The van der Waals surface area contributed by atoms with Crippen molar-refractivity contribution in [3.8, 4) is 0 Å². The summed E-state index contributed by atoms with van der Waals surface area (Å²) in [5.41, 5.74) is 0.558. The fourth-order valence-corrected chi connectivity index (χ4v) is 4.16. The smallest absolute Gasteiger partial charge is 0.253 e. The molecule has 1 heterocycles. The molecule has 0 aliphatic carbocycles. The van der Waals surface area contributed by atoms with Gasteiger partial charge in [-0.1, -0.05) is 26.0 Å². The predicted octanol–water partition coefficient (Wildman–Crippen LogP) is 3.49. The van der Waals surface area contributed by atoms with Crippen molar-refractivity contribution in [3.05, 3.63) is 34.3 Å². The number of carbonyl (C=O) groups is 2. The second-order valence-corrected chi connectivity index (χ2v) is 9.48. The van der Waals surface area contributed by atoms with Gasteiger partial charge in [-0.25, -0.2) is 0 Å². The van der Waals surface area contributed by atoms with Gasteiger partial charge < -0.3 is 10.2 Å². The molecule has 0 aromatic heterocycles. The molecule has 5 nitrogen and oxygen atoms in total. The van der Waals surface area contributed by atoms with Crippen molar-refractivity contribution >= 4 is 39.5 Å². The van der Waals surface area contributed by atoms with Crippen LogP contribution in [0.4, 0.5) is 0 Å². The van der Waals surface area contributed by atoms with Crippen molar-refractivity contribution in [2.75, 3.05) is 44.7 Å². The van der Waals surface area contributed by atoms with Crippen LogP contribution in [-0.2, 0) is 4.79 Å². The normalized spacial score (nSPS) is 16.2. The number of hydrogen-bond acceptors (Lipinski definition) is 4. The number of hydrogen-bond donors (Lipinski definition) is 1. The third-order valence-corrected chi connectivity index (χ3v) is 6.37. The maximum Gasteiger partial charge on any atom is 0.253 e. The van der Waals surface area contributed by atoms with E-state index in [4.69, 9.17) is 0 Å². The number of nitrogens with zero attached hydrogens (tertiary/aromatic N) is 2. The molecule has 0 radical (unpaired) electrons. The average molecular weight is 470 g/mol. The maximum atomic E-state index is 13.1. The summed E-state index contributed by atoms with van der Waals surface area (Å²) < 4.78 is 0.738. The fourth-order valence-electron chi connectivity index (χ4n) is 3.23. The van der Waals surface area contributed by atoms with Gasteiger partial charge in [0.25, 0.3) is 5.91 Å². The number of thioether (sulfide) groups is 1. The van der Waals surface area contributed by atoms with Crippen LogP contribution < -0.4 is 5.32 Å². The summed E-state index contributed by atoms with van der Waals surface area (Å²) in [6, 6.07) is 6.83. The minimum Gasteiger partial charge on any atom is -0.340 e. The SMILES string of the molecule is CSCCC(NC(=O)c1ccccc1Br)C(=O)N1CCN(CCC(C)C)CC1. The lowest BCUT2D eigenvalue weighted by Crippen LogP contribution is -2.55. The van der Waals surface area contributed by atoms with E-state index in [1.807, 2.05) is 29.4 Å². The van der Waals surface area contributed by atoms with Crippen LogP contribution in [0.15, 0.2) is 28.7 Å². The highest BCUT2D eigenvalue weighted by Gasteiger charge is 2.29. The Morgan fingerprint density at radius 2 is 1.82 bits per heavy atom. The van der Waals surface area contributed by atoms with Crippen LogP contribution in [0.3, 0.4) is 0 Å². The second kappa shape index (κ2) is 11.8. The van der Waals surface area contributed by atoms with Gasteiger partial charge in [0.1, 0.15) is 6.04 Å². The first-order chi connectivity index (χ1) is 13.4. The van der Waals surface area contributed by atoms with Gasteiger partial charge in [-0.15, -0.1) is 0 Å². The quantitative estimate of drug-likeness (QED) is 0.601. The van der Waals surface area contributed by atoms with Crippen LogP contribution in [0, 0.1) is 5.92 Å². The lowest BCUT2D eigenvalue weighted by molar-refractivity contribution is -0.135. The molecular formula is C21H32BrN3O2S. The largest absolute Gasteiger partial charge is 0.340 e. The molecule has 1 aromatic rings. The Labute approximate surface area is 181 Å². The van der Waals surface area contributed by atoms with Gasteiger partial charge >= 0.3 is 0 Å². The Balaban J connectivity index is 1.96. The van der Waals surface area contributed by atoms with Gasteiger partial charge in [-0.3, -0.25) is 14.5 Å². The van der Waals surface area contributed by atoms with Crippen LogP contribution in [0.5, 0.6) is 0 Å². The van der Waals surface area contributed by atoms with Crippen molar-refractivity contribution in [3.63, 3.8) is 0 Å². The maximum absolute atomic E-state index is 13.1. The molecule has 1 fully saturated rings. The molecule has 156 valence electrons. The third kappa shape index (κ3) is 7.08. The van der Waals surface area contributed by atoms with E-state index in [1.54, 1.807) is 17.8 Å². The van der Waals surface area contributed by atoms with Crippen LogP contribution in [0.2, 0.25) is 0 Å². The molecule has 2 rings (SSSR count). The number of carbonyl (C=O) groups excluding carboxylic acids is 2. The third-order valence-electron chi connectivity index (χ3n) is 5.04. The highest BCUT2D eigenvalue weighted by atomic mass is 79.9. The van der Waals surface area contributed by atoms with Gasteiger partial charge in [0.2, 0.25) is 5.91 Å². The first kappa shape index (κ1) is 23.2. The van der Waals surface area contributed by atoms with Crippen molar-refractivity contribution < 1.29 is 9.59 Å². The van der Waals surface area contributed by atoms with Crippen molar-refractivity contribution in [2.45, 2.75) is 32.7 Å². The van der Waals surface area contributed by atoms with Gasteiger partial charge in [0.15, 0.2) is 0 Å². The van der Waals surface area contributed by atoms with Crippen LogP contribution in [0.1, 0.15) is 37.0 Å². The van der Waals surface area contributed by atoms with Crippen LogP contribution >= 0.6 is 27.7 Å². The van der Waals surface area contributed by atoms with E-state index in [1.165, 1.54) is 6.42 Å². The monoisotopic (exact) mass is 469 g/mol. The van der Waals surface area contributed by atoms with E-state index >= 15 is 0 Å². The Morgan fingerprint density at radius 1 is 1.14 bits per heavy atom. The fraction of sp³-hybridized carbons (Fsp3) is 0.619. The Kier molecular flexibility index (Phi) is 9.82. The molecule has 1 aromatic carbocycles. The summed E-state index contributed by atoms with van der Waals surface area (Å²) in [7, 11) is 0. The highest BCUT2D eigenvalue weighted by molar-refractivity contribution is 9.10. The van der Waals surface area contributed by atoms with E-state index < -0.39 is 6.04 Å². The molecule has 7 heteroatoms. The lowest BCUT2D eigenvalue weighted by Gasteiger charge is -2.36. The zero-order valence-corrected chi connectivity index (χ0v) is 19.5. The first-order valence-corrected chi connectivity index (χ1v) is 12.2. The number of rotatable bonds is 9. The summed E-state index contributed by atoms with van der Waals surface area (Å²) in [6.45, 7) is 8.86. The van der Waals surface area contributed by atoms with Crippen molar-refractivity contribution in [1.82, 2.24) is 15.1 Å². The highest BCUT2D eigenvalue weighted by Crippen LogP contribution is 2.17. The molecule has 0 saturated carbocycles. The molecule has 0 spiro atoms. The molecule has 1 aliphatic rings. The predicted molar refractivity (Wildman–Crippen MR) is 121 cm³/mol. The van der Waals surface area contributed by atoms with Gasteiger partial charge in [0, 0.05) is 30.7 Å². The molecule has 1 aliphatic heterocycles. The number of piperazine rings is 1. The Bertz CT molecular complexity index is 648. The Morgan fingerprint density at radius 3 is 2.43 bits per heavy atom. The summed E-state index contributed by atoms with van der Waals surface area (Å²) in [5, 5.41) is 2.97. The van der Waals surface area contributed by atoms with E-state index in [9.17, 15) is 9.59 Å². The second-order valence-electron chi connectivity index (χ2n) is 7.64. The topological polar surface area (TPSA) is 52.7 Å². The zero-order chi connectivity index (χ0) is 20.5. The number of amides is 2. The van der Waals surface area contributed by atoms with Crippen molar-refractivity contribution in [1.29, 1.82) is 0 Å². The summed E-state index contributed by atoms with van der Waals surface area (Å²) >= 11 is 5.11. The molecule has 1 N–H and O–H groups in total.